The fourth-order valence-electron chi connectivity index (χ4n) is 6.46. The molecule has 0 N–H and O–H groups in total. The summed E-state index contributed by atoms with van der Waals surface area (Å²) >= 11 is 0. The lowest BCUT2D eigenvalue weighted by atomic mass is 10.1. The average Bonchev–Trinajstić information content (AvgIpc) is 3.34. The number of carbonyl (C=O) groups excluding carboxylic acids is 3. The molecule has 68 heavy (non-hydrogen) atoms. The summed E-state index contributed by atoms with van der Waals surface area (Å²) in [5, 5.41) is 0. The summed E-state index contributed by atoms with van der Waals surface area (Å²) in [5.74, 6) is -1.07. The van der Waals surface area contributed by atoms with E-state index in [9.17, 15) is 14.4 Å². The van der Waals surface area contributed by atoms with E-state index in [-0.39, 0.29) is 31.6 Å². The first kappa shape index (κ1) is 63.0. The molecule has 0 saturated heterocycles. The zero-order valence-electron chi connectivity index (χ0n) is 43.0. The first-order chi connectivity index (χ1) is 33.5. The quantitative estimate of drug-likeness (QED) is 0.0199. The van der Waals surface area contributed by atoms with E-state index in [2.05, 4.69) is 167 Å². The van der Waals surface area contributed by atoms with Crippen molar-refractivity contribution in [3.63, 3.8) is 0 Å². The summed E-state index contributed by atoms with van der Waals surface area (Å²) in [6.07, 6.45) is 79.5. The van der Waals surface area contributed by atoms with Gasteiger partial charge >= 0.3 is 17.9 Å². The van der Waals surface area contributed by atoms with Gasteiger partial charge in [-0.1, -0.05) is 217 Å². The normalized spacial score (nSPS) is 13.4. The van der Waals surface area contributed by atoms with Crippen molar-refractivity contribution in [3.05, 3.63) is 158 Å². The molecule has 1 unspecified atom stereocenters. The van der Waals surface area contributed by atoms with E-state index in [1.54, 1.807) is 0 Å². The second-order valence-electron chi connectivity index (χ2n) is 16.7. The maximum absolute atomic E-state index is 12.8. The van der Waals surface area contributed by atoms with Crippen LogP contribution in [0.4, 0.5) is 0 Å². The van der Waals surface area contributed by atoms with E-state index in [1.807, 2.05) is 12.2 Å². The summed E-state index contributed by atoms with van der Waals surface area (Å²) in [6.45, 7) is 6.15. The molecule has 0 aliphatic carbocycles. The number of allylic oxidation sites excluding steroid dienone is 26. The lowest BCUT2D eigenvalue weighted by Gasteiger charge is -2.18. The van der Waals surface area contributed by atoms with Crippen molar-refractivity contribution in [3.8, 4) is 0 Å². The fraction of sp³-hybridized carbons (Fsp3) is 0.532. The molecule has 6 nitrogen and oxygen atoms in total. The van der Waals surface area contributed by atoms with Gasteiger partial charge in [-0.3, -0.25) is 14.4 Å². The van der Waals surface area contributed by atoms with Crippen molar-refractivity contribution in [1.29, 1.82) is 0 Å². The van der Waals surface area contributed by atoms with E-state index < -0.39 is 12.1 Å². The number of rotatable bonds is 45. The predicted molar refractivity (Wildman–Crippen MR) is 292 cm³/mol. The maximum atomic E-state index is 12.8. The van der Waals surface area contributed by atoms with Crippen molar-refractivity contribution in [2.75, 3.05) is 13.2 Å². The van der Waals surface area contributed by atoms with Crippen molar-refractivity contribution in [1.82, 2.24) is 0 Å². The third-order valence-electron chi connectivity index (χ3n) is 10.3. The zero-order valence-corrected chi connectivity index (χ0v) is 43.0. The summed E-state index contributed by atoms with van der Waals surface area (Å²) < 4.78 is 16.7. The zero-order chi connectivity index (χ0) is 49.3. The molecule has 0 aromatic carbocycles. The Bertz CT molecular complexity index is 1590. The van der Waals surface area contributed by atoms with E-state index in [4.69, 9.17) is 14.2 Å². The van der Waals surface area contributed by atoms with Gasteiger partial charge in [0.1, 0.15) is 13.2 Å². The number of hydrogen-bond donors (Lipinski definition) is 0. The molecule has 0 heterocycles. The van der Waals surface area contributed by atoms with Crippen LogP contribution in [0, 0.1) is 0 Å². The molecule has 0 amide bonds. The molecule has 0 aliphatic rings. The van der Waals surface area contributed by atoms with Crippen molar-refractivity contribution in [2.24, 2.45) is 0 Å². The third-order valence-corrected chi connectivity index (χ3v) is 10.3. The molecule has 0 spiro atoms. The Morgan fingerprint density at radius 2 is 0.632 bits per heavy atom. The van der Waals surface area contributed by atoms with Gasteiger partial charge in [0, 0.05) is 19.3 Å². The largest absolute Gasteiger partial charge is 0.462 e. The van der Waals surface area contributed by atoms with E-state index in [0.717, 1.165) is 128 Å². The summed E-state index contributed by atoms with van der Waals surface area (Å²) in [4.78, 5) is 38.0. The SMILES string of the molecule is CC\C=C/C=C\C=C/CCCCCCCCCC(=O)OCC(COC(=O)CCCCC/C=C\C/C=C\C/C=C\C/C=C\C/C=C\CC)OC(=O)CC/C=C\C/C=C\C/C=C\C/C=C\C/C=C\CC. The van der Waals surface area contributed by atoms with Crippen LogP contribution in [0.3, 0.4) is 0 Å². The van der Waals surface area contributed by atoms with Crippen LogP contribution in [0.2, 0.25) is 0 Å². The summed E-state index contributed by atoms with van der Waals surface area (Å²) in [7, 11) is 0. The molecule has 0 aromatic heterocycles. The first-order valence-electron chi connectivity index (χ1n) is 26.5. The van der Waals surface area contributed by atoms with E-state index in [1.165, 1.54) is 19.3 Å². The predicted octanol–water partition coefficient (Wildman–Crippen LogP) is 17.8. The number of hydrogen-bond acceptors (Lipinski definition) is 6. The maximum Gasteiger partial charge on any atom is 0.306 e. The highest BCUT2D eigenvalue weighted by molar-refractivity contribution is 5.71. The second-order valence-corrected chi connectivity index (χ2v) is 16.7. The Morgan fingerprint density at radius 1 is 0.309 bits per heavy atom. The standard InChI is InChI=1S/C62H94O6/c1-4-7-10-13-16-19-22-25-28-30-31-32-35-37-40-43-46-49-52-55-61(64)67-58-59(57-66-60(63)54-51-48-45-42-39-36-33-27-24-21-18-15-12-9-6-3)68-62(65)56-53-50-47-44-41-38-34-29-26-23-20-17-14-11-8-5-2/h7-12,15-21,24-26,28-29,31-32,37-38,40-41,47,50,59H,4-6,13-14,22-23,27,30,33-36,39,42-46,48-49,51-58H2,1-3H3/b10-7-,11-8-,12-9-,18-15-,19-16-,20-17-,24-21-,28-25-,29-26-,32-31-,40-37-,41-38-,50-47-. The molecule has 0 saturated carbocycles. The number of ether oxygens (including phenoxy) is 3. The van der Waals surface area contributed by atoms with Gasteiger partial charge in [-0.25, -0.2) is 0 Å². The number of unbranched alkanes of at least 4 members (excludes halogenated alkanes) is 10. The lowest BCUT2D eigenvalue weighted by Crippen LogP contribution is -2.30. The van der Waals surface area contributed by atoms with Gasteiger partial charge in [0.2, 0.25) is 0 Å². The van der Waals surface area contributed by atoms with Crippen LogP contribution in [0.5, 0.6) is 0 Å². The van der Waals surface area contributed by atoms with Crippen LogP contribution in [0.15, 0.2) is 158 Å². The molecule has 0 aromatic rings. The van der Waals surface area contributed by atoms with Crippen LogP contribution >= 0.6 is 0 Å². The molecule has 0 fully saturated rings. The fourth-order valence-corrected chi connectivity index (χ4v) is 6.46. The Kier molecular flexibility index (Phi) is 50.6. The molecular weight excluding hydrogens is 841 g/mol. The van der Waals surface area contributed by atoms with Crippen molar-refractivity contribution < 1.29 is 28.6 Å². The molecule has 6 heteroatoms. The molecule has 0 radical (unpaired) electrons. The van der Waals surface area contributed by atoms with Gasteiger partial charge in [0.25, 0.3) is 0 Å². The summed E-state index contributed by atoms with van der Waals surface area (Å²) in [5.41, 5.74) is 0. The van der Waals surface area contributed by atoms with Gasteiger partial charge in [-0.05, 0) is 116 Å². The highest BCUT2D eigenvalue weighted by atomic mass is 16.6. The van der Waals surface area contributed by atoms with Gasteiger partial charge in [-0.2, -0.15) is 0 Å². The Hall–Kier alpha value is -4.97. The number of carbonyl (C=O) groups is 3. The lowest BCUT2D eigenvalue weighted by molar-refractivity contribution is -0.166. The van der Waals surface area contributed by atoms with Crippen LogP contribution in [-0.4, -0.2) is 37.2 Å². The van der Waals surface area contributed by atoms with Gasteiger partial charge in [0.05, 0.1) is 0 Å². The number of esters is 3. The van der Waals surface area contributed by atoms with Crippen molar-refractivity contribution in [2.45, 2.75) is 200 Å². The molecule has 0 bridgehead atoms. The van der Waals surface area contributed by atoms with Crippen LogP contribution in [0.25, 0.3) is 0 Å². The Morgan fingerprint density at radius 3 is 1.06 bits per heavy atom. The van der Waals surface area contributed by atoms with Gasteiger partial charge < -0.3 is 14.2 Å². The highest BCUT2D eigenvalue weighted by Gasteiger charge is 2.19. The van der Waals surface area contributed by atoms with Gasteiger partial charge in [-0.15, -0.1) is 0 Å². The minimum Gasteiger partial charge on any atom is -0.462 e. The monoisotopic (exact) mass is 935 g/mol. The van der Waals surface area contributed by atoms with Crippen LogP contribution in [-0.2, 0) is 28.6 Å². The highest BCUT2D eigenvalue weighted by Crippen LogP contribution is 2.12. The average molecular weight is 935 g/mol. The Labute approximate surface area is 416 Å². The minimum absolute atomic E-state index is 0.132. The third kappa shape index (κ3) is 52.0. The molecule has 0 aliphatic heterocycles. The smallest absolute Gasteiger partial charge is 0.306 e. The minimum atomic E-state index is -0.845. The van der Waals surface area contributed by atoms with Crippen LogP contribution in [0.1, 0.15) is 194 Å². The summed E-state index contributed by atoms with van der Waals surface area (Å²) in [6, 6.07) is 0. The molecule has 0 rings (SSSR count). The topological polar surface area (TPSA) is 78.9 Å². The molecule has 378 valence electrons. The Balaban J connectivity index is 4.60. The van der Waals surface area contributed by atoms with Crippen molar-refractivity contribution >= 4 is 17.9 Å². The van der Waals surface area contributed by atoms with E-state index in [0.29, 0.717) is 19.3 Å². The van der Waals surface area contributed by atoms with Crippen LogP contribution < -0.4 is 0 Å². The van der Waals surface area contributed by atoms with Gasteiger partial charge in [0.15, 0.2) is 6.10 Å². The van der Waals surface area contributed by atoms with E-state index >= 15 is 0 Å². The second kappa shape index (κ2) is 54.6. The molecule has 1 atom stereocenters. The first-order valence-corrected chi connectivity index (χ1v) is 26.5. The molecular formula is C62H94O6.